The van der Waals surface area contributed by atoms with Gasteiger partial charge in [-0.1, -0.05) is 29.8 Å². The van der Waals surface area contributed by atoms with Gasteiger partial charge in [0.05, 0.1) is 41.5 Å². The number of aliphatic hydroxyl groups is 2. The molecule has 6 nitrogen and oxygen atoms in total. The highest BCUT2D eigenvalue weighted by atomic mass is 35.5. The first-order chi connectivity index (χ1) is 18.9. The fourth-order valence-corrected chi connectivity index (χ4v) is 4.51. The van der Waals surface area contributed by atoms with Gasteiger partial charge in [0.15, 0.2) is 17.4 Å². The first-order valence-electron chi connectivity index (χ1n) is 13.6. The van der Waals surface area contributed by atoms with Gasteiger partial charge < -0.3 is 14.9 Å². The van der Waals surface area contributed by atoms with Gasteiger partial charge in [0.1, 0.15) is 0 Å². The molecule has 0 bridgehead atoms. The van der Waals surface area contributed by atoms with E-state index in [4.69, 9.17) is 21.8 Å². The van der Waals surface area contributed by atoms with Crippen molar-refractivity contribution in [2.75, 3.05) is 13.1 Å². The molecule has 0 radical (unpaired) electrons. The van der Waals surface area contributed by atoms with Crippen LogP contribution in [0.2, 0.25) is 5.02 Å². The monoisotopic (exact) mass is 532 g/mol. The van der Waals surface area contributed by atoms with E-state index in [1.54, 1.807) is 0 Å². The van der Waals surface area contributed by atoms with Gasteiger partial charge in [-0.05, 0) is 62.6 Å². The van der Waals surface area contributed by atoms with Gasteiger partial charge in [-0.25, -0.2) is 8.78 Å². The topological polar surface area (TPSA) is 82.9 Å². The van der Waals surface area contributed by atoms with Crippen molar-refractivity contribution in [1.29, 1.82) is 0 Å². The van der Waals surface area contributed by atoms with Crippen LogP contribution in [0.15, 0.2) is 54.7 Å². The summed E-state index contributed by atoms with van der Waals surface area (Å²) in [4.78, 5) is 19.5. The highest BCUT2D eigenvalue weighted by Gasteiger charge is 2.55. The molecule has 194 valence electrons. The molecule has 37 heavy (non-hydrogen) atoms. The molecule has 0 saturated heterocycles. The van der Waals surface area contributed by atoms with Crippen molar-refractivity contribution in [3.05, 3.63) is 99.3 Å². The number of nitrogens with zero attached hydrogens (tertiary/aromatic N) is 2. The summed E-state index contributed by atoms with van der Waals surface area (Å²) in [5, 5.41) is 21.3. The minimum Gasteiger partial charge on any atom is -0.396 e. The lowest BCUT2D eigenvalue weighted by Gasteiger charge is -2.40. The summed E-state index contributed by atoms with van der Waals surface area (Å²) < 4.78 is 68.8. The summed E-state index contributed by atoms with van der Waals surface area (Å²) in [6.07, 6.45) is 1.19. The molecule has 0 unspecified atom stereocenters. The fraction of sp³-hybridized carbons (Fsp3) is 0.357. The number of pyridine rings is 1. The third-order valence-corrected chi connectivity index (χ3v) is 6.95. The Hall–Kier alpha value is -2.91. The van der Waals surface area contributed by atoms with Crippen molar-refractivity contribution < 1.29 is 34.0 Å². The lowest BCUT2D eigenvalue weighted by atomic mass is 9.89. The summed E-state index contributed by atoms with van der Waals surface area (Å²) >= 11 is 5.98. The zero-order valence-corrected chi connectivity index (χ0v) is 20.8. The van der Waals surface area contributed by atoms with Gasteiger partial charge in [-0.3, -0.25) is 14.7 Å². The maximum absolute atomic E-state index is 14.8. The lowest BCUT2D eigenvalue weighted by Crippen LogP contribution is -2.47. The molecular formula is C28H27ClF2N2O4. The Morgan fingerprint density at radius 3 is 2.51 bits per heavy atom. The molecule has 5 rings (SSSR count). The molecule has 2 N–H and O–H groups in total. The van der Waals surface area contributed by atoms with E-state index < -0.39 is 47.4 Å². The number of hydrogen-bond acceptors (Lipinski definition) is 5. The van der Waals surface area contributed by atoms with Crippen molar-refractivity contribution in [2.24, 2.45) is 5.41 Å². The van der Waals surface area contributed by atoms with Crippen LogP contribution >= 0.6 is 11.6 Å². The van der Waals surface area contributed by atoms with Gasteiger partial charge in [0.25, 0.3) is 5.91 Å². The molecule has 3 aromatic rings. The van der Waals surface area contributed by atoms with Crippen molar-refractivity contribution in [3.8, 4) is 0 Å². The second kappa shape index (κ2) is 9.13. The van der Waals surface area contributed by atoms with E-state index >= 15 is 0 Å². The number of carbonyl (C=O) groups excluding carboxylic acids is 1. The molecule has 9 heteroatoms. The predicted octanol–water partition coefficient (Wildman–Crippen LogP) is 4.89. The van der Waals surface area contributed by atoms with Crippen LogP contribution in [0.5, 0.6) is 0 Å². The second-order valence-electron chi connectivity index (χ2n) is 9.85. The van der Waals surface area contributed by atoms with E-state index in [9.17, 15) is 23.8 Å². The quantitative estimate of drug-likeness (QED) is 0.432. The summed E-state index contributed by atoms with van der Waals surface area (Å²) in [6, 6.07) is 10.2. The van der Waals surface area contributed by atoms with Crippen molar-refractivity contribution in [1.82, 2.24) is 9.88 Å². The van der Waals surface area contributed by atoms with Gasteiger partial charge >= 0.3 is 0 Å². The average Bonchev–Trinajstić information content (AvgIpc) is 3.68. The smallest absolute Gasteiger partial charge is 0.257 e. The summed E-state index contributed by atoms with van der Waals surface area (Å²) in [5.41, 5.74) is -5.11. The zero-order valence-electron chi connectivity index (χ0n) is 24.1. The molecule has 1 amide bonds. The first-order valence-corrected chi connectivity index (χ1v) is 12.0. The first kappa shape index (κ1) is 21.1. The van der Waals surface area contributed by atoms with Gasteiger partial charge in [-0.2, -0.15) is 0 Å². The Balaban J connectivity index is 1.80. The standard InChI is InChI=1S/C28H27ClF2N2O4/c1-26(2,36)17-3-7-22-21(11-17)25(35)33(14-20-6-5-19(29)13-32-20)28(22,37-16-27(15-34)9-10-27)18-4-8-23(30)24(31)12-18/h3-8,11-13,34,36H,9-10,14-16H2,1-2H3/t28-/m1/s1/i15D2,16D2. The predicted molar refractivity (Wildman–Crippen MR) is 133 cm³/mol. The van der Waals surface area contributed by atoms with Crippen LogP contribution in [0.25, 0.3) is 0 Å². The van der Waals surface area contributed by atoms with E-state index in [1.807, 2.05) is 0 Å². The minimum atomic E-state index is -3.01. The molecule has 2 aliphatic rings. The molecule has 2 heterocycles. The summed E-state index contributed by atoms with van der Waals surface area (Å²) in [7, 11) is 0. The molecule has 2 aromatic carbocycles. The van der Waals surface area contributed by atoms with Crippen LogP contribution in [0.1, 0.15) is 64.9 Å². The van der Waals surface area contributed by atoms with Crippen molar-refractivity contribution in [2.45, 2.75) is 44.6 Å². The molecule has 1 fully saturated rings. The number of halogens is 3. The van der Waals surface area contributed by atoms with Crippen molar-refractivity contribution >= 4 is 17.5 Å². The van der Waals surface area contributed by atoms with E-state index in [-0.39, 0.29) is 36.1 Å². The molecule has 1 aliphatic heterocycles. The van der Waals surface area contributed by atoms with Crippen LogP contribution in [0.4, 0.5) is 8.78 Å². The number of fused-ring (bicyclic) bond motifs is 1. The molecule has 0 spiro atoms. The number of amides is 1. The molecule has 1 aromatic heterocycles. The number of benzene rings is 2. The lowest BCUT2D eigenvalue weighted by molar-refractivity contribution is -0.129. The van der Waals surface area contributed by atoms with Gasteiger partial charge in [0.2, 0.25) is 0 Å². The Morgan fingerprint density at radius 1 is 1.16 bits per heavy atom. The van der Waals surface area contributed by atoms with Crippen LogP contribution in [0.3, 0.4) is 0 Å². The van der Waals surface area contributed by atoms with E-state index in [2.05, 4.69) is 4.98 Å². The highest BCUT2D eigenvalue weighted by Crippen LogP contribution is 2.51. The maximum Gasteiger partial charge on any atom is 0.257 e. The normalized spacial score (nSPS) is 22.7. The van der Waals surface area contributed by atoms with Crippen LogP contribution in [-0.2, 0) is 22.6 Å². The molecule has 1 aliphatic carbocycles. The molecule has 1 saturated carbocycles. The Bertz CT molecular complexity index is 1520. The van der Waals surface area contributed by atoms with E-state index in [0.717, 1.165) is 23.1 Å². The van der Waals surface area contributed by atoms with E-state index in [0.29, 0.717) is 16.3 Å². The Morgan fingerprint density at radius 2 is 1.92 bits per heavy atom. The highest BCUT2D eigenvalue weighted by molar-refractivity contribution is 6.30. The fourth-order valence-electron chi connectivity index (χ4n) is 4.40. The van der Waals surface area contributed by atoms with Crippen molar-refractivity contribution in [3.63, 3.8) is 0 Å². The number of rotatable bonds is 8. The largest absolute Gasteiger partial charge is 0.396 e. The van der Waals surface area contributed by atoms with E-state index in [1.165, 1.54) is 50.4 Å². The van der Waals surface area contributed by atoms with Crippen LogP contribution in [-0.4, -0.2) is 39.1 Å². The Labute approximate surface area is 224 Å². The van der Waals surface area contributed by atoms with Crippen LogP contribution in [0, 0.1) is 17.0 Å². The number of ether oxygens (including phenoxy) is 1. The number of carbonyl (C=O) groups is 1. The third kappa shape index (κ3) is 4.52. The molecular weight excluding hydrogens is 502 g/mol. The maximum atomic E-state index is 14.8. The molecule has 1 atom stereocenters. The van der Waals surface area contributed by atoms with Gasteiger partial charge in [-0.15, -0.1) is 0 Å². The zero-order chi connectivity index (χ0) is 30.2. The summed E-state index contributed by atoms with van der Waals surface area (Å²) in [5.74, 6) is -3.17. The van der Waals surface area contributed by atoms with Gasteiger partial charge in [0, 0.05) is 28.3 Å². The summed E-state index contributed by atoms with van der Waals surface area (Å²) in [6.45, 7) is -3.22. The van der Waals surface area contributed by atoms with Crippen LogP contribution < -0.4 is 0 Å². The minimum absolute atomic E-state index is 0.00372. The SMILES string of the molecule is [2H]C([2H])(O)C1(C([2H])([2H])O[C@]2(c3ccc(F)c(F)c3)c3ccc(C(C)(C)O)cc3C(=O)N2Cc2ccc(Cl)cn2)CC1. The third-order valence-electron chi connectivity index (χ3n) is 6.72. The second-order valence-corrected chi connectivity index (χ2v) is 10.3. The average molecular weight is 533 g/mol. The number of aromatic nitrogens is 1. The number of hydrogen-bond donors (Lipinski definition) is 2. The Kier molecular flexibility index (Phi) is 5.20.